The first-order valence-corrected chi connectivity index (χ1v) is 9.40. The molecular formula is C18H28N2O9. The number of hydrogen-bond donors (Lipinski definition) is 9. The van der Waals surface area contributed by atoms with Crippen molar-refractivity contribution in [2.45, 2.75) is 61.6 Å². The molecule has 3 rings (SSSR count). The minimum atomic E-state index is -1.47. The Morgan fingerprint density at radius 1 is 0.724 bits per heavy atom. The number of ether oxygens (including phenoxy) is 2. The van der Waals surface area contributed by atoms with Gasteiger partial charge in [-0.3, -0.25) is 0 Å². The van der Waals surface area contributed by atoms with Crippen molar-refractivity contribution in [1.82, 2.24) is 0 Å². The van der Waals surface area contributed by atoms with Gasteiger partial charge in [0.05, 0.1) is 19.3 Å². The zero-order valence-electron chi connectivity index (χ0n) is 15.6. The lowest BCUT2D eigenvalue weighted by atomic mass is 9.98. The average molecular weight is 416 g/mol. The van der Waals surface area contributed by atoms with Crippen molar-refractivity contribution in [2.24, 2.45) is 0 Å². The second-order valence-corrected chi connectivity index (χ2v) is 7.25. The normalized spacial score (nSPS) is 40.4. The highest BCUT2D eigenvalue weighted by Gasteiger charge is 2.43. The molecule has 0 spiro atoms. The molecular weight excluding hydrogens is 388 g/mol. The molecule has 0 amide bonds. The highest BCUT2D eigenvalue weighted by atomic mass is 16.6. The molecule has 0 saturated carbocycles. The van der Waals surface area contributed by atoms with Crippen LogP contribution in [0.1, 0.15) is 6.42 Å². The largest absolute Gasteiger partial charge is 0.394 e. The van der Waals surface area contributed by atoms with Crippen molar-refractivity contribution < 1.29 is 45.2 Å². The first kappa shape index (κ1) is 22.2. The molecule has 2 fully saturated rings. The van der Waals surface area contributed by atoms with Gasteiger partial charge >= 0.3 is 0 Å². The summed E-state index contributed by atoms with van der Waals surface area (Å²) in [4.78, 5) is 0. The molecule has 9 N–H and O–H groups in total. The van der Waals surface area contributed by atoms with Gasteiger partial charge in [-0.15, -0.1) is 0 Å². The van der Waals surface area contributed by atoms with Crippen LogP contribution in [0.2, 0.25) is 0 Å². The number of aliphatic hydroxyl groups is 7. The lowest BCUT2D eigenvalue weighted by molar-refractivity contribution is -0.221. The SMILES string of the molecule is OCC1OC(Nc2ccc(NC3OC(CO)C(O)C(O)C3O)cc2)CC(O)C1O. The van der Waals surface area contributed by atoms with E-state index in [0.717, 1.165) is 0 Å². The Kier molecular flexibility index (Phi) is 7.27. The molecule has 2 heterocycles. The Balaban J connectivity index is 1.59. The van der Waals surface area contributed by atoms with E-state index < -0.39 is 68.4 Å². The van der Waals surface area contributed by atoms with Crippen LogP contribution in [0.5, 0.6) is 0 Å². The molecule has 2 saturated heterocycles. The first-order chi connectivity index (χ1) is 13.8. The number of hydrogen-bond acceptors (Lipinski definition) is 11. The summed E-state index contributed by atoms with van der Waals surface area (Å²) in [7, 11) is 0. The summed E-state index contributed by atoms with van der Waals surface area (Å²) in [6.07, 6.45) is -9.85. The van der Waals surface area contributed by atoms with Gasteiger partial charge in [-0.1, -0.05) is 0 Å². The van der Waals surface area contributed by atoms with E-state index in [4.69, 9.17) is 9.47 Å². The van der Waals surface area contributed by atoms with Crippen molar-refractivity contribution in [3.8, 4) is 0 Å². The van der Waals surface area contributed by atoms with E-state index in [1.165, 1.54) is 0 Å². The third-order valence-corrected chi connectivity index (χ3v) is 5.16. The Bertz CT molecular complexity index is 647. The average Bonchev–Trinajstić information content (AvgIpc) is 2.72. The van der Waals surface area contributed by atoms with Crippen LogP contribution in [0.25, 0.3) is 0 Å². The molecule has 1 aromatic rings. The third kappa shape index (κ3) is 4.97. The van der Waals surface area contributed by atoms with Crippen molar-refractivity contribution in [2.75, 3.05) is 23.8 Å². The summed E-state index contributed by atoms with van der Waals surface area (Å²) in [5, 5.41) is 73.8. The van der Waals surface area contributed by atoms with E-state index in [1.807, 2.05) is 0 Å². The van der Waals surface area contributed by atoms with Gasteiger partial charge in [-0.2, -0.15) is 0 Å². The Morgan fingerprint density at radius 2 is 1.28 bits per heavy atom. The molecule has 1 aromatic carbocycles. The van der Waals surface area contributed by atoms with Gasteiger partial charge in [0.1, 0.15) is 42.9 Å². The Hall–Kier alpha value is -1.54. The summed E-state index contributed by atoms with van der Waals surface area (Å²) >= 11 is 0. The molecule has 2 aliphatic heterocycles. The van der Waals surface area contributed by atoms with Gasteiger partial charge in [-0.05, 0) is 24.3 Å². The lowest BCUT2D eigenvalue weighted by Crippen LogP contribution is -2.60. The maximum Gasteiger partial charge on any atom is 0.157 e. The summed E-state index contributed by atoms with van der Waals surface area (Å²) in [5.74, 6) is 0. The fraction of sp³-hybridized carbons (Fsp3) is 0.667. The summed E-state index contributed by atoms with van der Waals surface area (Å²) in [6.45, 7) is -0.929. The third-order valence-electron chi connectivity index (χ3n) is 5.16. The van der Waals surface area contributed by atoms with E-state index in [1.54, 1.807) is 24.3 Å². The van der Waals surface area contributed by atoms with Crippen LogP contribution < -0.4 is 10.6 Å². The number of aliphatic hydroxyl groups excluding tert-OH is 7. The van der Waals surface area contributed by atoms with Gasteiger partial charge in [0.15, 0.2) is 6.23 Å². The van der Waals surface area contributed by atoms with Crippen molar-refractivity contribution in [3.05, 3.63) is 24.3 Å². The van der Waals surface area contributed by atoms with Crippen LogP contribution in [-0.4, -0.2) is 104 Å². The minimum Gasteiger partial charge on any atom is -0.394 e. The maximum atomic E-state index is 10.1. The summed E-state index contributed by atoms with van der Waals surface area (Å²) < 4.78 is 10.9. The highest BCUT2D eigenvalue weighted by molar-refractivity contribution is 5.54. The van der Waals surface area contributed by atoms with Crippen LogP contribution in [0, 0.1) is 0 Å². The maximum absolute atomic E-state index is 10.1. The standard InChI is InChI=1S/C18H28N2O9/c21-6-11-14(24)10(23)5-13(28-11)19-8-1-3-9(4-2-8)20-18-17(27)16(26)15(25)12(7-22)29-18/h1-4,10-27H,5-7H2. The molecule has 0 bridgehead atoms. The van der Waals surface area contributed by atoms with Crippen LogP contribution in [-0.2, 0) is 9.47 Å². The monoisotopic (exact) mass is 416 g/mol. The van der Waals surface area contributed by atoms with Crippen LogP contribution in [0.3, 0.4) is 0 Å². The predicted molar refractivity (Wildman–Crippen MR) is 99.8 cm³/mol. The van der Waals surface area contributed by atoms with Gasteiger partial charge in [0.25, 0.3) is 0 Å². The summed E-state index contributed by atoms with van der Waals surface area (Å²) in [6, 6.07) is 6.73. The molecule has 9 atom stereocenters. The van der Waals surface area contributed by atoms with E-state index >= 15 is 0 Å². The fourth-order valence-corrected chi connectivity index (χ4v) is 3.43. The van der Waals surface area contributed by atoms with Crippen LogP contribution in [0.4, 0.5) is 11.4 Å². The van der Waals surface area contributed by atoms with Gasteiger partial charge in [-0.25, -0.2) is 0 Å². The first-order valence-electron chi connectivity index (χ1n) is 9.40. The van der Waals surface area contributed by atoms with Crippen molar-refractivity contribution in [3.63, 3.8) is 0 Å². The second kappa shape index (κ2) is 9.51. The predicted octanol–water partition coefficient (Wildman–Crippen LogP) is -2.86. The van der Waals surface area contributed by atoms with Gasteiger partial charge in [0, 0.05) is 17.8 Å². The van der Waals surface area contributed by atoms with Crippen LogP contribution >= 0.6 is 0 Å². The Labute approximate surface area is 167 Å². The quantitative estimate of drug-likeness (QED) is 0.232. The topological polar surface area (TPSA) is 184 Å². The van der Waals surface area contributed by atoms with E-state index in [0.29, 0.717) is 11.4 Å². The molecule has 0 radical (unpaired) electrons. The Morgan fingerprint density at radius 3 is 1.86 bits per heavy atom. The number of nitrogens with one attached hydrogen (secondary N) is 2. The number of benzene rings is 1. The zero-order valence-corrected chi connectivity index (χ0v) is 15.6. The van der Waals surface area contributed by atoms with Gasteiger partial charge < -0.3 is 55.9 Å². The zero-order chi connectivity index (χ0) is 21.1. The number of anilines is 2. The van der Waals surface area contributed by atoms with Gasteiger partial charge in [0.2, 0.25) is 0 Å². The van der Waals surface area contributed by atoms with Crippen molar-refractivity contribution >= 4 is 11.4 Å². The van der Waals surface area contributed by atoms with E-state index in [2.05, 4.69) is 10.6 Å². The molecule has 0 aromatic heterocycles. The van der Waals surface area contributed by atoms with Crippen molar-refractivity contribution in [1.29, 1.82) is 0 Å². The molecule has 11 nitrogen and oxygen atoms in total. The molecule has 29 heavy (non-hydrogen) atoms. The highest BCUT2D eigenvalue weighted by Crippen LogP contribution is 2.25. The van der Waals surface area contributed by atoms with Crippen LogP contribution in [0.15, 0.2) is 24.3 Å². The summed E-state index contributed by atoms with van der Waals surface area (Å²) in [5.41, 5.74) is 1.20. The molecule has 164 valence electrons. The molecule has 0 aliphatic carbocycles. The molecule has 9 unspecified atom stereocenters. The van der Waals surface area contributed by atoms with E-state index in [9.17, 15) is 35.7 Å². The van der Waals surface area contributed by atoms with E-state index in [-0.39, 0.29) is 6.42 Å². The number of rotatable bonds is 6. The smallest absolute Gasteiger partial charge is 0.157 e. The molecule has 2 aliphatic rings. The fourth-order valence-electron chi connectivity index (χ4n) is 3.43. The second-order valence-electron chi connectivity index (χ2n) is 7.25. The minimum absolute atomic E-state index is 0.141. The lowest BCUT2D eigenvalue weighted by Gasteiger charge is -2.40. The molecule has 11 heteroatoms.